The Balaban J connectivity index is 1.98. The predicted molar refractivity (Wildman–Crippen MR) is 85.6 cm³/mol. The van der Waals surface area contributed by atoms with Crippen molar-refractivity contribution in [3.05, 3.63) is 35.4 Å². The van der Waals surface area contributed by atoms with Crippen LogP contribution in [0.1, 0.15) is 24.0 Å². The zero-order valence-electron chi connectivity index (χ0n) is 13.9. The van der Waals surface area contributed by atoms with Gasteiger partial charge in [-0.15, -0.1) is 0 Å². The number of nitrogens with zero attached hydrogens (tertiary/aromatic N) is 1. The van der Waals surface area contributed by atoms with Crippen molar-refractivity contribution in [3.63, 3.8) is 0 Å². The van der Waals surface area contributed by atoms with Crippen molar-refractivity contribution >= 4 is 11.8 Å². The lowest BCUT2D eigenvalue weighted by Gasteiger charge is -2.25. The van der Waals surface area contributed by atoms with Gasteiger partial charge in [-0.2, -0.15) is 0 Å². The molecule has 0 radical (unpaired) electrons. The Morgan fingerprint density at radius 1 is 1.30 bits per heavy atom. The number of hydrogen-bond donors (Lipinski definition) is 1. The lowest BCUT2D eigenvalue weighted by molar-refractivity contribution is -0.138. The van der Waals surface area contributed by atoms with E-state index in [1.165, 1.54) is 19.8 Å². The molecule has 6 nitrogen and oxygen atoms in total. The summed E-state index contributed by atoms with van der Waals surface area (Å²) in [6.07, 6.45) is 0.463. The molecule has 6 heteroatoms. The lowest BCUT2D eigenvalue weighted by Crippen LogP contribution is -2.46. The van der Waals surface area contributed by atoms with Gasteiger partial charge in [-0.25, -0.2) is 0 Å². The third kappa shape index (κ3) is 4.53. The first kappa shape index (κ1) is 17.4. The SMILES string of the molecule is COC(CNC(=O)[C@@H]1CCC(=O)N1Cc1ccc(C)cc1)OC. The highest BCUT2D eigenvalue weighted by Crippen LogP contribution is 2.22. The van der Waals surface area contributed by atoms with Gasteiger partial charge in [-0.1, -0.05) is 29.8 Å². The second-order valence-corrected chi connectivity index (χ2v) is 5.71. The monoisotopic (exact) mass is 320 g/mol. The average molecular weight is 320 g/mol. The quantitative estimate of drug-likeness (QED) is 0.767. The molecule has 0 unspecified atom stereocenters. The van der Waals surface area contributed by atoms with Crippen LogP contribution in [0.2, 0.25) is 0 Å². The van der Waals surface area contributed by atoms with E-state index in [2.05, 4.69) is 5.32 Å². The van der Waals surface area contributed by atoms with Crippen molar-refractivity contribution in [3.8, 4) is 0 Å². The van der Waals surface area contributed by atoms with Crippen LogP contribution in [-0.4, -0.2) is 49.8 Å². The number of likely N-dealkylation sites (tertiary alicyclic amines) is 1. The maximum absolute atomic E-state index is 12.4. The standard InChI is InChI=1S/C17H24N2O4/c1-12-4-6-13(7-5-12)11-19-14(8-9-15(19)20)17(21)18-10-16(22-2)23-3/h4-7,14,16H,8-11H2,1-3H3,(H,18,21)/t14-/m0/s1. The Morgan fingerprint density at radius 2 is 1.96 bits per heavy atom. The van der Waals surface area contributed by atoms with Gasteiger partial charge in [0.05, 0.1) is 6.54 Å². The van der Waals surface area contributed by atoms with Gasteiger partial charge >= 0.3 is 0 Å². The largest absolute Gasteiger partial charge is 0.354 e. The highest BCUT2D eigenvalue weighted by molar-refractivity contribution is 5.90. The van der Waals surface area contributed by atoms with E-state index in [9.17, 15) is 9.59 Å². The smallest absolute Gasteiger partial charge is 0.243 e. The molecule has 0 spiro atoms. The molecule has 1 aromatic carbocycles. The van der Waals surface area contributed by atoms with E-state index < -0.39 is 12.3 Å². The van der Waals surface area contributed by atoms with Crippen molar-refractivity contribution in [2.45, 2.75) is 38.6 Å². The topological polar surface area (TPSA) is 67.9 Å². The van der Waals surface area contributed by atoms with Crippen molar-refractivity contribution < 1.29 is 19.1 Å². The van der Waals surface area contributed by atoms with Gasteiger partial charge in [-0.3, -0.25) is 9.59 Å². The molecule has 0 aliphatic carbocycles. The Labute approximate surface area is 136 Å². The van der Waals surface area contributed by atoms with Crippen LogP contribution < -0.4 is 5.32 Å². The number of carbonyl (C=O) groups is 2. The molecule has 1 aliphatic rings. The Bertz CT molecular complexity index is 540. The summed E-state index contributed by atoms with van der Waals surface area (Å²) in [5.74, 6) is -0.150. The first-order valence-corrected chi connectivity index (χ1v) is 7.73. The number of amides is 2. The zero-order valence-corrected chi connectivity index (χ0v) is 13.9. The summed E-state index contributed by atoms with van der Waals surface area (Å²) in [5, 5.41) is 2.79. The number of methoxy groups -OCH3 is 2. The second kappa shape index (κ2) is 8.08. The summed E-state index contributed by atoms with van der Waals surface area (Å²) in [5.41, 5.74) is 2.19. The number of nitrogens with one attached hydrogen (secondary N) is 1. The molecule has 1 N–H and O–H groups in total. The number of ether oxygens (including phenoxy) is 2. The van der Waals surface area contributed by atoms with Crippen LogP contribution in [0.5, 0.6) is 0 Å². The number of benzene rings is 1. The number of rotatable bonds is 7. The highest BCUT2D eigenvalue weighted by Gasteiger charge is 2.35. The fourth-order valence-corrected chi connectivity index (χ4v) is 2.66. The van der Waals surface area contributed by atoms with Gasteiger partial charge < -0.3 is 19.7 Å². The number of carbonyl (C=O) groups excluding carboxylic acids is 2. The molecule has 23 heavy (non-hydrogen) atoms. The third-order valence-electron chi connectivity index (χ3n) is 4.07. The molecule has 0 saturated carbocycles. The van der Waals surface area contributed by atoms with E-state index in [1.807, 2.05) is 31.2 Å². The van der Waals surface area contributed by atoms with E-state index in [-0.39, 0.29) is 18.4 Å². The minimum Gasteiger partial charge on any atom is -0.354 e. The summed E-state index contributed by atoms with van der Waals surface area (Å²) in [7, 11) is 3.03. The summed E-state index contributed by atoms with van der Waals surface area (Å²) >= 11 is 0. The third-order valence-corrected chi connectivity index (χ3v) is 4.07. The van der Waals surface area contributed by atoms with E-state index in [4.69, 9.17) is 9.47 Å². The van der Waals surface area contributed by atoms with Crippen molar-refractivity contribution in [1.82, 2.24) is 10.2 Å². The molecular formula is C17H24N2O4. The Hall–Kier alpha value is -1.92. The fraction of sp³-hybridized carbons (Fsp3) is 0.529. The van der Waals surface area contributed by atoms with Crippen LogP contribution >= 0.6 is 0 Å². The van der Waals surface area contributed by atoms with Crippen molar-refractivity contribution in [2.75, 3.05) is 20.8 Å². The maximum Gasteiger partial charge on any atom is 0.243 e. The van der Waals surface area contributed by atoms with Gasteiger partial charge in [0.15, 0.2) is 6.29 Å². The molecule has 0 aromatic heterocycles. The molecule has 1 heterocycles. The van der Waals surface area contributed by atoms with E-state index in [1.54, 1.807) is 4.90 Å². The normalized spacial score (nSPS) is 17.8. The first-order valence-electron chi connectivity index (χ1n) is 7.73. The van der Waals surface area contributed by atoms with Crippen LogP contribution in [0.25, 0.3) is 0 Å². The van der Waals surface area contributed by atoms with E-state index >= 15 is 0 Å². The predicted octanol–water partition coefficient (Wildman–Crippen LogP) is 1.22. The van der Waals surface area contributed by atoms with E-state index in [0.29, 0.717) is 19.4 Å². The summed E-state index contributed by atoms with van der Waals surface area (Å²) in [6, 6.07) is 7.56. The van der Waals surface area contributed by atoms with Gasteiger partial charge in [0.25, 0.3) is 0 Å². The molecule has 2 rings (SSSR count). The molecule has 0 bridgehead atoms. The van der Waals surface area contributed by atoms with Gasteiger partial charge in [0.1, 0.15) is 6.04 Å². The Morgan fingerprint density at radius 3 is 2.57 bits per heavy atom. The summed E-state index contributed by atoms with van der Waals surface area (Å²) in [4.78, 5) is 26.1. The zero-order chi connectivity index (χ0) is 16.8. The fourth-order valence-electron chi connectivity index (χ4n) is 2.66. The van der Waals surface area contributed by atoms with Crippen LogP contribution in [0.4, 0.5) is 0 Å². The average Bonchev–Trinajstić information content (AvgIpc) is 2.91. The number of hydrogen-bond acceptors (Lipinski definition) is 4. The van der Waals surface area contributed by atoms with Crippen molar-refractivity contribution in [1.29, 1.82) is 0 Å². The molecule has 1 atom stereocenters. The second-order valence-electron chi connectivity index (χ2n) is 5.71. The van der Waals surface area contributed by atoms with Gasteiger partial charge in [-0.05, 0) is 18.9 Å². The van der Waals surface area contributed by atoms with Crippen LogP contribution in [0.15, 0.2) is 24.3 Å². The molecule has 1 aromatic rings. The molecular weight excluding hydrogens is 296 g/mol. The molecule has 126 valence electrons. The minimum atomic E-state index is -0.485. The molecule has 1 fully saturated rings. The van der Waals surface area contributed by atoms with Crippen molar-refractivity contribution in [2.24, 2.45) is 0 Å². The highest BCUT2D eigenvalue weighted by atomic mass is 16.7. The maximum atomic E-state index is 12.4. The molecule has 1 aliphatic heterocycles. The molecule has 2 amide bonds. The number of aryl methyl sites for hydroxylation is 1. The summed E-state index contributed by atoms with van der Waals surface area (Å²) in [6.45, 7) is 2.73. The van der Waals surface area contributed by atoms with Crippen LogP contribution in [0, 0.1) is 6.92 Å². The van der Waals surface area contributed by atoms with Gasteiger partial charge in [0, 0.05) is 27.2 Å². The molecule has 1 saturated heterocycles. The van der Waals surface area contributed by atoms with Crippen LogP contribution in [-0.2, 0) is 25.6 Å². The Kier molecular flexibility index (Phi) is 6.12. The first-order chi connectivity index (χ1) is 11.0. The minimum absolute atomic E-state index is 0.0146. The van der Waals surface area contributed by atoms with Gasteiger partial charge in [0.2, 0.25) is 11.8 Å². The van der Waals surface area contributed by atoms with E-state index in [0.717, 1.165) is 5.56 Å². The van der Waals surface area contributed by atoms with Crippen LogP contribution in [0.3, 0.4) is 0 Å². The lowest BCUT2D eigenvalue weighted by atomic mass is 10.1. The summed E-state index contributed by atoms with van der Waals surface area (Å²) < 4.78 is 10.1.